The van der Waals surface area contributed by atoms with Gasteiger partial charge in [0, 0.05) is 22.8 Å². The molecule has 3 aromatic heterocycles. The first-order valence-electron chi connectivity index (χ1n) is 9.24. The van der Waals surface area contributed by atoms with E-state index in [1.807, 2.05) is 29.9 Å². The largest absolute Gasteiger partial charge is 0.313 e. The van der Waals surface area contributed by atoms with Crippen molar-refractivity contribution in [2.45, 2.75) is 32.7 Å². The van der Waals surface area contributed by atoms with Crippen LogP contribution in [0.15, 0.2) is 42.0 Å². The predicted octanol–water partition coefficient (Wildman–Crippen LogP) is 5.26. The van der Waals surface area contributed by atoms with Crippen LogP contribution in [-0.2, 0) is 0 Å². The minimum atomic E-state index is -0.0256. The maximum Gasteiger partial charge on any atom is 0.266 e. The molecule has 1 atom stereocenters. The summed E-state index contributed by atoms with van der Waals surface area (Å²) in [7, 11) is 0. The minimum Gasteiger partial charge on any atom is -0.313 e. The molecule has 0 radical (unpaired) electrons. The second-order valence-electron chi connectivity index (χ2n) is 6.88. The van der Waals surface area contributed by atoms with Crippen molar-refractivity contribution in [3.05, 3.63) is 68.5 Å². The molecule has 1 saturated heterocycles. The van der Waals surface area contributed by atoms with Gasteiger partial charge in [-0.15, -0.1) is 22.7 Å². The monoisotopic (exact) mass is 397 g/mol. The van der Waals surface area contributed by atoms with Crippen LogP contribution in [0.4, 0.5) is 5.00 Å². The van der Waals surface area contributed by atoms with Crippen molar-refractivity contribution in [1.29, 1.82) is 0 Å². The molecule has 3 aromatic rings. The normalized spacial score (nSPS) is 15.8. The summed E-state index contributed by atoms with van der Waals surface area (Å²) in [4.78, 5) is 21.4. The summed E-state index contributed by atoms with van der Waals surface area (Å²) in [6, 6.07) is 8.13. The van der Waals surface area contributed by atoms with Gasteiger partial charge in [0.25, 0.3) is 5.91 Å². The molecule has 4 heterocycles. The number of pyridine rings is 1. The van der Waals surface area contributed by atoms with Crippen molar-refractivity contribution < 1.29 is 4.79 Å². The number of nitrogens with zero attached hydrogens (tertiary/aromatic N) is 2. The van der Waals surface area contributed by atoms with Gasteiger partial charge in [-0.05, 0) is 74.5 Å². The molecule has 0 spiro atoms. The van der Waals surface area contributed by atoms with Crippen molar-refractivity contribution in [2.24, 2.45) is 0 Å². The molecule has 1 aliphatic rings. The van der Waals surface area contributed by atoms with Gasteiger partial charge in [-0.2, -0.15) is 0 Å². The van der Waals surface area contributed by atoms with Crippen LogP contribution in [0.2, 0.25) is 0 Å². The first-order chi connectivity index (χ1) is 13.1. The summed E-state index contributed by atoms with van der Waals surface area (Å²) < 4.78 is 0. The number of thiophene rings is 2. The second-order valence-corrected chi connectivity index (χ2v) is 9.06. The fraction of sp³-hybridized carbons (Fsp3) is 0.333. The Morgan fingerprint density at radius 3 is 2.59 bits per heavy atom. The predicted molar refractivity (Wildman–Crippen MR) is 113 cm³/mol. The number of aryl methyl sites for hydroxylation is 1. The molecule has 4 rings (SSSR count). The third kappa shape index (κ3) is 3.70. The number of carbonyl (C=O) groups excluding carboxylic acids is 1. The Bertz CT molecular complexity index is 913. The average molecular weight is 398 g/mol. The summed E-state index contributed by atoms with van der Waals surface area (Å²) in [5.74, 6) is -0.0256. The van der Waals surface area contributed by atoms with E-state index in [0.717, 1.165) is 23.0 Å². The van der Waals surface area contributed by atoms with Crippen LogP contribution < -0.4 is 5.32 Å². The molecule has 1 N–H and O–H groups in total. The quantitative estimate of drug-likeness (QED) is 0.639. The second kappa shape index (κ2) is 7.92. The van der Waals surface area contributed by atoms with Gasteiger partial charge in [-0.25, -0.2) is 0 Å². The molecule has 0 aliphatic carbocycles. The lowest BCUT2D eigenvalue weighted by Crippen LogP contribution is -2.27. The van der Waals surface area contributed by atoms with E-state index in [1.165, 1.54) is 45.7 Å². The van der Waals surface area contributed by atoms with Crippen LogP contribution in [0.5, 0.6) is 0 Å². The zero-order valence-electron chi connectivity index (χ0n) is 15.6. The molecule has 1 unspecified atom stereocenters. The molecule has 140 valence electrons. The van der Waals surface area contributed by atoms with Crippen LogP contribution in [0.1, 0.15) is 50.1 Å². The van der Waals surface area contributed by atoms with Crippen molar-refractivity contribution >= 4 is 33.6 Å². The maximum atomic E-state index is 12.7. The molecule has 1 amide bonds. The number of hydrogen-bond acceptors (Lipinski definition) is 5. The smallest absolute Gasteiger partial charge is 0.266 e. The first-order valence-corrected chi connectivity index (χ1v) is 10.9. The van der Waals surface area contributed by atoms with E-state index in [-0.39, 0.29) is 11.9 Å². The third-order valence-corrected chi connectivity index (χ3v) is 7.21. The highest BCUT2D eigenvalue weighted by Gasteiger charge is 2.31. The summed E-state index contributed by atoms with van der Waals surface area (Å²) in [6.07, 6.45) is 6.16. The molecule has 6 heteroatoms. The number of anilines is 1. The van der Waals surface area contributed by atoms with Crippen molar-refractivity contribution in [3.8, 4) is 0 Å². The van der Waals surface area contributed by atoms with E-state index in [1.54, 1.807) is 11.3 Å². The molecular weight excluding hydrogens is 374 g/mol. The Morgan fingerprint density at radius 2 is 1.93 bits per heavy atom. The Hall–Kier alpha value is -2.02. The van der Waals surface area contributed by atoms with Crippen LogP contribution in [-0.4, -0.2) is 28.9 Å². The van der Waals surface area contributed by atoms with Crippen LogP contribution in [0, 0.1) is 13.8 Å². The van der Waals surface area contributed by atoms with Gasteiger partial charge in [-0.3, -0.25) is 14.7 Å². The number of carbonyl (C=O) groups is 1. The molecule has 0 aromatic carbocycles. The highest BCUT2D eigenvalue weighted by molar-refractivity contribution is 7.17. The zero-order valence-corrected chi connectivity index (χ0v) is 17.2. The summed E-state index contributed by atoms with van der Waals surface area (Å²) >= 11 is 3.15. The molecular formula is C21H23N3OS2. The maximum absolute atomic E-state index is 12.7. The van der Waals surface area contributed by atoms with E-state index in [9.17, 15) is 4.79 Å². The summed E-state index contributed by atoms with van der Waals surface area (Å²) in [5.41, 5.74) is 3.74. The number of likely N-dealkylation sites (tertiary alicyclic amines) is 1. The third-order valence-electron chi connectivity index (χ3n) is 5.20. The van der Waals surface area contributed by atoms with Crippen LogP contribution in [0.3, 0.4) is 0 Å². The fourth-order valence-electron chi connectivity index (χ4n) is 3.74. The lowest BCUT2D eigenvalue weighted by Gasteiger charge is -2.29. The van der Waals surface area contributed by atoms with Gasteiger partial charge in [0.2, 0.25) is 0 Å². The van der Waals surface area contributed by atoms with Crippen molar-refractivity contribution in [2.75, 3.05) is 18.4 Å². The van der Waals surface area contributed by atoms with Crippen LogP contribution in [0.25, 0.3) is 0 Å². The molecule has 4 nitrogen and oxygen atoms in total. The van der Waals surface area contributed by atoms with E-state index < -0.39 is 0 Å². The summed E-state index contributed by atoms with van der Waals surface area (Å²) in [6.45, 7) is 6.48. The van der Waals surface area contributed by atoms with Crippen molar-refractivity contribution in [1.82, 2.24) is 9.88 Å². The lowest BCUT2D eigenvalue weighted by molar-refractivity contribution is 0.103. The molecule has 0 bridgehead atoms. The summed E-state index contributed by atoms with van der Waals surface area (Å²) in [5, 5.41) is 6.10. The Kier molecular flexibility index (Phi) is 5.38. The fourth-order valence-corrected chi connectivity index (χ4v) is 5.45. The molecule has 27 heavy (non-hydrogen) atoms. The number of aromatic nitrogens is 1. The Morgan fingerprint density at radius 1 is 1.19 bits per heavy atom. The van der Waals surface area contributed by atoms with Gasteiger partial charge >= 0.3 is 0 Å². The van der Waals surface area contributed by atoms with E-state index >= 15 is 0 Å². The van der Waals surface area contributed by atoms with Crippen LogP contribution >= 0.6 is 22.7 Å². The van der Waals surface area contributed by atoms with Gasteiger partial charge in [-0.1, -0.05) is 6.07 Å². The van der Waals surface area contributed by atoms with Gasteiger partial charge in [0.05, 0.1) is 10.9 Å². The zero-order chi connectivity index (χ0) is 18.8. The highest BCUT2D eigenvalue weighted by Crippen LogP contribution is 2.43. The van der Waals surface area contributed by atoms with E-state index in [0.29, 0.717) is 0 Å². The number of amides is 1. The molecule has 1 fully saturated rings. The highest BCUT2D eigenvalue weighted by atomic mass is 32.1. The standard InChI is InChI=1S/C21H23N3OS2/c1-14-15(2)27-21(23-20(25)17-6-5-13-26-17)18(14)19(24-11-3-4-12-24)16-7-9-22-10-8-16/h5-10,13,19H,3-4,11-12H2,1-2H3,(H,23,25). The van der Waals surface area contributed by atoms with Gasteiger partial charge < -0.3 is 5.32 Å². The van der Waals surface area contributed by atoms with Gasteiger partial charge in [0.1, 0.15) is 5.00 Å². The number of hydrogen-bond donors (Lipinski definition) is 1. The Balaban J connectivity index is 1.76. The van der Waals surface area contributed by atoms with Gasteiger partial charge in [0.15, 0.2) is 0 Å². The average Bonchev–Trinajstić information content (AvgIpc) is 3.42. The number of nitrogens with one attached hydrogen (secondary N) is 1. The molecule has 0 saturated carbocycles. The van der Waals surface area contributed by atoms with E-state index in [4.69, 9.17) is 0 Å². The molecule has 1 aliphatic heterocycles. The van der Waals surface area contributed by atoms with E-state index in [2.05, 4.69) is 41.2 Å². The lowest BCUT2D eigenvalue weighted by atomic mass is 9.96. The Labute approximate surface area is 167 Å². The van der Waals surface area contributed by atoms with Crippen molar-refractivity contribution in [3.63, 3.8) is 0 Å². The first kappa shape index (κ1) is 18.3. The topological polar surface area (TPSA) is 45.2 Å². The SMILES string of the molecule is Cc1sc(NC(=O)c2cccs2)c(C(c2ccncc2)N2CCCC2)c1C. The minimum absolute atomic E-state index is 0.0256. The number of rotatable bonds is 5.